The fourth-order valence-corrected chi connectivity index (χ4v) is 4.18. The Morgan fingerprint density at radius 3 is 2.64 bits per heavy atom. The molecule has 0 unspecified atom stereocenters. The molecule has 0 radical (unpaired) electrons. The fourth-order valence-electron chi connectivity index (χ4n) is 3.27. The van der Waals surface area contributed by atoms with Crippen LogP contribution in [0.4, 0.5) is 5.69 Å². The van der Waals surface area contributed by atoms with Crippen LogP contribution in [0.3, 0.4) is 0 Å². The highest BCUT2D eigenvalue weighted by Gasteiger charge is 2.35. The van der Waals surface area contributed by atoms with Gasteiger partial charge in [0.15, 0.2) is 9.84 Å². The number of carbonyl (C=O) groups is 1. The molecular weight excluding hydrogens is 382 g/mol. The largest absolute Gasteiger partial charge is 0.493 e. The molecule has 1 saturated carbocycles. The van der Waals surface area contributed by atoms with Gasteiger partial charge in [0, 0.05) is 38.4 Å². The zero-order valence-electron chi connectivity index (χ0n) is 16.4. The maximum absolute atomic E-state index is 13.3. The van der Waals surface area contributed by atoms with E-state index in [0.717, 1.165) is 19.1 Å². The van der Waals surface area contributed by atoms with Crippen molar-refractivity contribution >= 4 is 21.3 Å². The van der Waals surface area contributed by atoms with Crippen molar-refractivity contribution in [3.05, 3.63) is 34.5 Å². The van der Waals surface area contributed by atoms with Crippen LogP contribution in [0.2, 0.25) is 0 Å². The third kappa shape index (κ3) is 3.77. The van der Waals surface area contributed by atoms with Crippen molar-refractivity contribution in [3.8, 4) is 5.88 Å². The van der Waals surface area contributed by atoms with Gasteiger partial charge in [-0.15, -0.1) is 0 Å². The molecule has 0 bridgehead atoms. The summed E-state index contributed by atoms with van der Waals surface area (Å²) in [6.45, 7) is 2.47. The minimum absolute atomic E-state index is 0.121. The van der Waals surface area contributed by atoms with E-state index in [-0.39, 0.29) is 28.0 Å². The number of nitrogens with zero attached hydrogens (tertiary/aromatic N) is 2. The summed E-state index contributed by atoms with van der Waals surface area (Å²) in [4.78, 5) is 13.4. The maximum atomic E-state index is 13.3. The third-order valence-electron chi connectivity index (χ3n) is 4.91. The van der Waals surface area contributed by atoms with Gasteiger partial charge in [-0.3, -0.25) is 4.79 Å². The Morgan fingerprint density at radius 2 is 2.07 bits per heavy atom. The van der Waals surface area contributed by atoms with Gasteiger partial charge in [0.1, 0.15) is 5.56 Å². The number of sulfone groups is 1. The fraction of sp³-hybridized carbons (Fsp3) is 0.474. The molecule has 1 fully saturated rings. The monoisotopic (exact) mass is 407 g/mol. The number of aromatic hydroxyl groups is 1. The van der Waals surface area contributed by atoms with Crippen molar-refractivity contribution in [3.63, 3.8) is 0 Å². The number of benzene rings is 1. The minimum Gasteiger partial charge on any atom is -0.493 e. The van der Waals surface area contributed by atoms with E-state index in [1.807, 2.05) is 0 Å². The second-order valence-electron chi connectivity index (χ2n) is 7.11. The van der Waals surface area contributed by atoms with Crippen LogP contribution in [-0.4, -0.2) is 55.6 Å². The van der Waals surface area contributed by atoms with Gasteiger partial charge in [0.05, 0.1) is 22.9 Å². The average Bonchev–Trinajstić information content (AvgIpc) is 3.41. The second kappa shape index (κ2) is 7.56. The molecule has 1 heterocycles. The Bertz CT molecular complexity index is 1020. The van der Waals surface area contributed by atoms with E-state index < -0.39 is 9.84 Å². The molecule has 2 N–H and O–H groups in total. The number of methoxy groups -OCH3 is 1. The predicted octanol–water partition coefficient (Wildman–Crippen LogP) is 2.00. The summed E-state index contributed by atoms with van der Waals surface area (Å²) in [5, 5.41) is 17.8. The molecule has 1 aliphatic carbocycles. The van der Waals surface area contributed by atoms with Crippen LogP contribution in [0.5, 0.6) is 5.88 Å². The summed E-state index contributed by atoms with van der Waals surface area (Å²) < 4.78 is 30.7. The van der Waals surface area contributed by atoms with Gasteiger partial charge in [0.25, 0.3) is 0 Å². The Morgan fingerprint density at radius 1 is 1.39 bits per heavy atom. The lowest BCUT2D eigenvalue weighted by Gasteiger charge is -2.16. The number of ether oxygens (including phenoxy) is 1. The minimum atomic E-state index is -3.50. The topological polar surface area (TPSA) is 111 Å². The zero-order chi connectivity index (χ0) is 20.6. The molecule has 28 heavy (non-hydrogen) atoms. The summed E-state index contributed by atoms with van der Waals surface area (Å²) in [6, 6.07) is 2.92. The quantitative estimate of drug-likeness (QED) is 0.509. The third-order valence-corrected chi connectivity index (χ3v) is 6.05. The second-order valence-corrected chi connectivity index (χ2v) is 9.10. The molecule has 1 aromatic heterocycles. The Balaban J connectivity index is 2.10. The number of carbonyl (C=O) groups excluding carboxylic acids is 1. The molecule has 9 heteroatoms. The molecule has 1 aromatic carbocycles. The van der Waals surface area contributed by atoms with Crippen LogP contribution in [0.25, 0.3) is 0 Å². The van der Waals surface area contributed by atoms with Gasteiger partial charge >= 0.3 is 0 Å². The van der Waals surface area contributed by atoms with Gasteiger partial charge in [-0.1, -0.05) is 0 Å². The molecule has 3 rings (SSSR count). The van der Waals surface area contributed by atoms with E-state index in [9.17, 15) is 18.3 Å². The summed E-state index contributed by atoms with van der Waals surface area (Å²) in [7, 11) is -0.352. The first kappa shape index (κ1) is 20.3. The normalized spacial score (nSPS) is 14.3. The highest BCUT2D eigenvalue weighted by atomic mass is 32.2. The summed E-state index contributed by atoms with van der Waals surface area (Å²) in [6.07, 6.45) is 3.00. The summed E-state index contributed by atoms with van der Waals surface area (Å²) in [5.41, 5.74) is 2.02. The number of ketones is 1. The number of anilines is 1. The SMILES string of the molecule is COCCNc1c(S(C)(=O)=O)ccc(C(=O)c2c(C3CC3)nn(C)c2O)c1C. The maximum Gasteiger partial charge on any atom is 0.220 e. The van der Waals surface area contributed by atoms with E-state index in [4.69, 9.17) is 4.74 Å². The molecule has 152 valence electrons. The van der Waals surface area contributed by atoms with Gasteiger partial charge < -0.3 is 15.2 Å². The molecule has 0 amide bonds. The zero-order valence-corrected chi connectivity index (χ0v) is 17.3. The number of aryl methyl sites for hydroxylation is 1. The van der Waals surface area contributed by atoms with Crippen LogP contribution in [-0.2, 0) is 21.6 Å². The lowest BCUT2D eigenvalue weighted by atomic mass is 9.96. The number of hydrogen-bond acceptors (Lipinski definition) is 7. The van der Waals surface area contributed by atoms with Crippen LogP contribution < -0.4 is 5.32 Å². The van der Waals surface area contributed by atoms with E-state index in [1.165, 1.54) is 16.8 Å². The van der Waals surface area contributed by atoms with Crippen molar-refractivity contribution in [2.45, 2.75) is 30.6 Å². The standard InChI is InChI=1S/C19H25N3O5S/c1-11-13(7-8-14(28(4,25)26)16(11)20-9-10-27-3)18(23)15-17(12-5-6-12)21-22(2)19(15)24/h7-8,12,20,24H,5-6,9-10H2,1-4H3. The van der Waals surface area contributed by atoms with Gasteiger partial charge in [0.2, 0.25) is 11.7 Å². The Labute approximate surface area is 164 Å². The number of rotatable bonds is 8. The van der Waals surface area contributed by atoms with Crippen LogP contribution in [0.15, 0.2) is 17.0 Å². The smallest absolute Gasteiger partial charge is 0.220 e. The van der Waals surface area contributed by atoms with Crippen LogP contribution >= 0.6 is 0 Å². The highest BCUT2D eigenvalue weighted by Crippen LogP contribution is 2.44. The first-order valence-corrected chi connectivity index (χ1v) is 10.9. The van der Waals surface area contributed by atoms with Crippen LogP contribution in [0.1, 0.15) is 45.9 Å². The summed E-state index contributed by atoms with van der Waals surface area (Å²) >= 11 is 0. The van der Waals surface area contributed by atoms with E-state index in [2.05, 4.69) is 10.4 Å². The predicted molar refractivity (Wildman–Crippen MR) is 105 cm³/mol. The van der Waals surface area contributed by atoms with Crippen molar-refractivity contribution in [2.24, 2.45) is 7.05 Å². The lowest BCUT2D eigenvalue weighted by Crippen LogP contribution is -2.15. The molecule has 0 saturated heterocycles. The number of nitrogens with one attached hydrogen (secondary N) is 1. The first-order chi connectivity index (χ1) is 13.2. The van der Waals surface area contributed by atoms with E-state index in [1.54, 1.807) is 21.1 Å². The highest BCUT2D eigenvalue weighted by molar-refractivity contribution is 7.90. The molecule has 2 aromatic rings. The van der Waals surface area contributed by atoms with Gasteiger partial charge in [-0.25, -0.2) is 13.1 Å². The van der Waals surface area contributed by atoms with E-state index in [0.29, 0.717) is 35.7 Å². The number of hydrogen-bond donors (Lipinski definition) is 2. The molecule has 0 spiro atoms. The van der Waals surface area contributed by atoms with Crippen molar-refractivity contribution in [1.29, 1.82) is 0 Å². The van der Waals surface area contributed by atoms with E-state index >= 15 is 0 Å². The van der Waals surface area contributed by atoms with Crippen LogP contribution in [0, 0.1) is 6.92 Å². The lowest BCUT2D eigenvalue weighted by molar-refractivity contribution is 0.103. The molecule has 0 aliphatic heterocycles. The van der Waals surface area contributed by atoms with Crippen molar-refractivity contribution in [2.75, 3.05) is 31.8 Å². The number of aromatic nitrogens is 2. The first-order valence-electron chi connectivity index (χ1n) is 9.03. The van der Waals surface area contributed by atoms with Crippen molar-refractivity contribution < 1.29 is 23.1 Å². The Hall–Kier alpha value is -2.39. The molecule has 0 atom stereocenters. The molecule has 1 aliphatic rings. The van der Waals surface area contributed by atoms with Gasteiger partial charge in [-0.05, 0) is 37.5 Å². The average molecular weight is 407 g/mol. The molecular formula is C19H25N3O5S. The molecule has 8 nitrogen and oxygen atoms in total. The summed E-state index contributed by atoms with van der Waals surface area (Å²) in [5.74, 6) is -0.354. The van der Waals surface area contributed by atoms with Gasteiger partial charge in [-0.2, -0.15) is 5.10 Å². The van der Waals surface area contributed by atoms with Crippen molar-refractivity contribution in [1.82, 2.24) is 9.78 Å². The Kier molecular flexibility index (Phi) is 5.49.